The van der Waals surface area contributed by atoms with Crippen molar-refractivity contribution in [2.24, 2.45) is 7.05 Å². The maximum atomic E-state index is 13.8. The van der Waals surface area contributed by atoms with Crippen molar-refractivity contribution in [1.29, 1.82) is 0 Å². The zero-order chi connectivity index (χ0) is 20.5. The number of carbonyl (C=O) groups excluding carboxylic acids is 1. The standard InChI is InChI=1S/C20H13ClF2N4OS/c1-27-17(12-9-11(5-6-13(12)21)20-24-7-8-29-20)10-16(26-27)19(28)25-18-14(22)3-2-4-15(18)23/h2-10H,1H3,(H,25,28). The van der Waals surface area contributed by atoms with Gasteiger partial charge in [0.1, 0.15) is 22.3 Å². The molecule has 2 aromatic carbocycles. The summed E-state index contributed by atoms with van der Waals surface area (Å²) in [6.45, 7) is 0. The predicted molar refractivity (Wildman–Crippen MR) is 109 cm³/mol. The van der Waals surface area contributed by atoms with Crippen LogP contribution in [0.5, 0.6) is 0 Å². The van der Waals surface area contributed by atoms with E-state index in [0.717, 1.165) is 22.7 Å². The number of hydrogen-bond acceptors (Lipinski definition) is 4. The number of hydrogen-bond donors (Lipinski definition) is 1. The molecule has 2 heterocycles. The first-order chi connectivity index (χ1) is 13.9. The average molecular weight is 431 g/mol. The molecule has 2 aromatic heterocycles. The van der Waals surface area contributed by atoms with Gasteiger partial charge in [0.05, 0.1) is 5.69 Å². The molecular formula is C20H13ClF2N4OS. The summed E-state index contributed by atoms with van der Waals surface area (Å²) in [4.78, 5) is 16.8. The Morgan fingerprint density at radius 2 is 1.93 bits per heavy atom. The summed E-state index contributed by atoms with van der Waals surface area (Å²) in [7, 11) is 1.65. The summed E-state index contributed by atoms with van der Waals surface area (Å²) in [5.41, 5.74) is 1.59. The fourth-order valence-electron chi connectivity index (χ4n) is 2.85. The zero-order valence-corrected chi connectivity index (χ0v) is 16.6. The molecule has 0 aliphatic heterocycles. The van der Waals surface area contributed by atoms with Crippen LogP contribution in [0.4, 0.5) is 14.5 Å². The number of benzene rings is 2. The third-order valence-corrected chi connectivity index (χ3v) is 5.39. The van der Waals surface area contributed by atoms with Gasteiger partial charge in [0.25, 0.3) is 5.91 Å². The van der Waals surface area contributed by atoms with Crippen molar-refractivity contribution in [3.8, 4) is 21.8 Å². The van der Waals surface area contributed by atoms with Gasteiger partial charge >= 0.3 is 0 Å². The lowest BCUT2D eigenvalue weighted by molar-refractivity contribution is 0.102. The molecule has 0 unspecified atom stereocenters. The summed E-state index contributed by atoms with van der Waals surface area (Å²) in [6, 6.07) is 10.3. The van der Waals surface area contributed by atoms with Gasteiger partial charge < -0.3 is 5.32 Å². The number of thiazole rings is 1. The molecule has 146 valence electrons. The maximum absolute atomic E-state index is 13.8. The lowest BCUT2D eigenvalue weighted by Crippen LogP contribution is -2.15. The molecule has 9 heteroatoms. The van der Waals surface area contributed by atoms with Crippen LogP contribution in [0.25, 0.3) is 21.8 Å². The predicted octanol–water partition coefficient (Wildman–Crippen LogP) is 5.39. The minimum Gasteiger partial charge on any atom is -0.316 e. The SMILES string of the molecule is Cn1nc(C(=O)Nc2c(F)cccc2F)cc1-c1cc(-c2nccs2)ccc1Cl. The van der Waals surface area contributed by atoms with Crippen molar-refractivity contribution >= 4 is 34.5 Å². The van der Waals surface area contributed by atoms with Gasteiger partial charge in [0, 0.05) is 34.8 Å². The summed E-state index contributed by atoms with van der Waals surface area (Å²) in [6.07, 6.45) is 1.71. The molecule has 0 fully saturated rings. The zero-order valence-electron chi connectivity index (χ0n) is 15.0. The molecule has 1 N–H and O–H groups in total. The summed E-state index contributed by atoms with van der Waals surface area (Å²) >= 11 is 7.86. The van der Waals surface area contributed by atoms with E-state index in [1.165, 1.54) is 28.2 Å². The smallest absolute Gasteiger partial charge is 0.276 e. The van der Waals surface area contributed by atoms with Gasteiger partial charge in [-0.1, -0.05) is 23.7 Å². The fourth-order valence-corrected chi connectivity index (χ4v) is 3.70. The second-order valence-electron chi connectivity index (χ2n) is 6.12. The molecule has 0 saturated carbocycles. The highest BCUT2D eigenvalue weighted by atomic mass is 35.5. The van der Waals surface area contributed by atoms with Crippen molar-refractivity contribution in [3.05, 3.63) is 76.4 Å². The minimum atomic E-state index is -0.867. The number of aryl methyl sites for hydroxylation is 1. The number of rotatable bonds is 4. The number of halogens is 3. The van der Waals surface area contributed by atoms with E-state index in [2.05, 4.69) is 15.4 Å². The van der Waals surface area contributed by atoms with Crippen molar-refractivity contribution in [2.75, 3.05) is 5.32 Å². The minimum absolute atomic E-state index is 0.000807. The molecule has 5 nitrogen and oxygen atoms in total. The Morgan fingerprint density at radius 1 is 1.17 bits per heavy atom. The van der Waals surface area contributed by atoms with Crippen molar-refractivity contribution in [1.82, 2.24) is 14.8 Å². The second-order valence-corrected chi connectivity index (χ2v) is 7.42. The van der Waals surface area contributed by atoms with E-state index in [4.69, 9.17) is 11.6 Å². The number of aromatic nitrogens is 3. The van der Waals surface area contributed by atoms with Crippen LogP contribution in [-0.2, 0) is 7.05 Å². The number of para-hydroxylation sites is 1. The first-order valence-electron chi connectivity index (χ1n) is 8.43. The van der Waals surface area contributed by atoms with Crippen LogP contribution in [0.1, 0.15) is 10.5 Å². The monoisotopic (exact) mass is 430 g/mol. The van der Waals surface area contributed by atoms with Crippen molar-refractivity contribution in [3.63, 3.8) is 0 Å². The molecule has 29 heavy (non-hydrogen) atoms. The van der Waals surface area contributed by atoms with E-state index in [-0.39, 0.29) is 5.69 Å². The number of amides is 1. The number of carbonyl (C=O) groups is 1. The molecular weight excluding hydrogens is 418 g/mol. The third-order valence-electron chi connectivity index (χ3n) is 4.24. The Hall–Kier alpha value is -3.10. The molecule has 0 atom stereocenters. The van der Waals surface area contributed by atoms with Crippen molar-refractivity contribution in [2.45, 2.75) is 0 Å². The summed E-state index contributed by atoms with van der Waals surface area (Å²) in [5.74, 6) is -2.47. The van der Waals surface area contributed by atoms with Crippen LogP contribution >= 0.6 is 22.9 Å². The third kappa shape index (κ3) is 3.76. The Morgan fingerprint density at radius 3 is 2.62 bits per heavy atom. The number of nitrogens with zero attached hydrogens (tertiary/aromatic N) is 3. The van der Waals surface area contributed by atoms with Crippen LogP contribution in [0.2, 0.25) is 5.02 Å². The maximum Gasteiger partial charge on any atom is 0.276 e. The van der Waals surface area contributed by atoms with Crippen LogP contribution in [0, 0.1) is 11.6 Å². The molecule has 0 bridgehead atoms. The van der Waals surface area contributed by atoms with E-state index < -0.39 is 23.2 Å². The molecule has 0 saturated heterocycles. The second kappa shape index (κ2) is 7.73. The molecule has 1 amide bonds. The quantitative estimate of drug-likeness (QED) is 0.472. The van der Waals surface area contributed by atoms with E-state index in [0.29, 0.717) is 16.3 Å². The van der Waals surface area contributed by atoms with Crippen LogP contribution < -0.4 is 5.32 Å². The molecule has 0 aliphatic rings. The molecule has 0 spiro atoms. The normalized spacial score (nSPS) is 10.9. The van der Waals surface area contributed by atoms with Crippen LogP contribution in [0.3, 0.4) is 0 Å². The first kappa shape index (κ1) is 19.2. The van der Waals surface area contributed by atoms with E-state index in [1.807, 2.05) is 17.5 Å². The molecule has 0 aliphatic carbocycles. The fraction of sp³-hybridized carbons (Fsp3) is 0.0500. The highest BCUT2D eigenvalue weighted by Crippen LogP contribution is 2.33. The Balaban J connectivity index is 1.68. The van der Waals surface area contributed by atoms with Gasteiger partial charge in [-0.05, 0) is 30.3 Å². The largest absolute Gasteiger partial charge is 0.316 e. The van der Waals surface area contributed by atoms with Gasteiger partial charge in [-0.15, -0.1) is 11.3 Å². The molecule has 4 rings (SSSR count). The van der Waals surface area contributed by atoms with Gasteiger partial charge in [-0.2, -0.15) is 5.10 Å². The Kier molecular flexibility index (Phi) is 5.12. The highest BCUT2D eigenvalue weighted by molar-refractivity contribution is 7.13. The van der Waals surface area contributed by atoms with Crippen molar-refractivity contribution < 1.29 is 13.6 Å². The number of anilines is 1. The van der Waals surface area contributed by atoms with E-state index in [9.17, 15) is 13.6 Å². The summed E-state index contributed by atoms with van der Waals surface area (Å²) in [5, 5.41) is 9.57. The number of nitrogens with one attached hydrogen (secondary N) is 1. The molecule has 0 radical (unpaired) electrons. The highest BCUT2D eigenvalue weighted by Gasteiger charge is 2.19. The lowest BCUT2D eigenvalue weighted by atomic mass is 10.1. The van der Waals surface area contributed by atoms with E-state index >= 15 is 0 Å². The van der Waals surface area contributed by atoms with E-state index in [1.54, 1.807) is 19.3 Å². The van der Waals surface area contributed by atoms with Crippen LogP contribution in [0.15, 0.2) is 54.0 Å². The average Bonchev–Trinajstić information content (AvgIpc) is 3.35. The lowest BCUT2D eigenvalue weighted by Gasteiger charge is -2.06. The van der Waals surface area contributed by atoms with Gasteiger partial charge in [0.2, 0.25) is 0 Å². The van der Waals surface area contributed by atoms with Gasteiger partial charge in [-0.25, -0.2) is 13.8 Å². The topological polar surface area (TPSA) is 59.8 Å². The Labute approximate surface area is 173 Å². The first-order valence-corrected chi connectivity index (χ1v) is 9.69. The Bertz CT molecular complexity index is 1190. The summed E-state index contributed by atoms with van der Waals surface area (Å²) < 4.78 is 29.1. The van der Waals surface area contributed by atoms with Gasteiger partial charge in [0.15, 0.2) is 5.69 Å². The van der Waals surface area contributed by atoms with Gasteiger partial charge in [-0.3, -0.25) is 9.48 Å². The van der Waals surface area contributed by atoms with Crippen LogP contribution in [-0.4, -0.2) is 20.7 Å². The molecule has 4 aromatic rings.